The summed E-state index contributed by atoms with van der Waals surface area (Å²) in [6.45, 7) is 6.05. The maximum atomic E-state index is 9.06. The molecule has 2 aromatic rings. The molecule has 0 saturated heterocycles. The number of hydrogen-bond acceptors (Lipinski definition) is 3. The van der Waals surface area contributed by atoms with Crippen LogP contribution in [0, 0.1) is 32.1 Å². The predicted octanol–water partition coefficient (Wildman–Crippen LogP) is 3.62. The Morgan fingerprint density at radius 2 is 1.83 bits per heavy atom. The first kappa shape index (κ1) is 12.1. The van der Waals surface area contributed by atoms with Crippen molar-refractivity contribution in [1.82, 2.24) is 4.98 Å². The number of nitriles is 1. The second-order valence-electron chi connectivity index (χ2n) is 4.38. The van der Waals surface area contributed by atoms with E-state index in [2.05, 4.69) is 42.4 Å². The minimum absolute atomic E-state index is 0.554. The number of anilines is 2. The van der Waals surface area contributed by atoms with Crippen LogP contribution in [0.25, 0.3) is 0 Å². The Morgan fingerprint density at radius 3 is 2.50 bits per heavy atom. The van der Waals surface area contributed by atoms with Gasteiger partial charge in [-0.05, 0) is 56.2 Å². The zero-order valence-corrected chi connectivity index (χ0v) is 10.8. The molecule has 0 bridgehead atoms. The third-order valence-corrected chi connectivity index (χ3v) is 2.92. The Morgan fingerprint density at radius 1 is 1.06 bits per heavy atom. The predicted molar refractivity (Wildman–Crippen MR) is 72.9 cm³/mol. The van der Waals surface area contributed by atoms with Gasteiger partial charge < -0.3 is 5.32 Å². The topological polar surface area (TPSA) is 48.7 Å². The lowest BCUT2D eigenvalue weighted by atomic mass is 10.1. The molecule has 0 aliphatic heterocycles. The molecule has 1 aromatic heterocycles. The van der Waals surface area contributed by atoms with E-state index in [4.69, 9.17) is 5.26 Å². The van der Waals surface area contributed by atoms with Gasteiger partial charge in [0, 0.05) is 11.4 Å². The van der Waals surface area contributed by atoms with E-state index in [-0.39, 0.29) is 0 Å². The molecule has 0 aliphatic rings. The lowest BCUT2D eigenvalue weighted by Crippen LogP contribution is -1.98. The van der Waals surface area contributed by atoms with E-state index in [1.807, 2.05) is 19.1 Å². The normalized spacial score (nSPS) is 9.89. The standard InChI is InChI=1S/C15H15N3/c1-10-4-7-14(8-11(10)2)18-15-13(9-16)6-5-12(3)17-15/h4-8H,1-3H3,(H,17,18). The van der Waals surface area contributed by atoms with Gasteiger partial charge in [0.25, 0.3) is 0 Å². The van der Waals surface area contributed by atoms with Crippen LogP contribution in [0.4, 0.5) is 11.5 Å². The molecule has 0 saturated carbocycles. The third kappa shape index (κ3) is 2.49. The maximum absolute atomic E-state index is 9.06. The zero-order chi connectivity index (χ0) is 13.1. The molecular weight excluding hydrogens is 222 g/mol. The summed E-state index contributed by atoms with van der Waals surface area (Å²) in [5.41, 5.74) is 4.86. The monoisotopic (exact) mass is 237 g/mol. The minimum Gasteiger partial charge on any atom is -0.339 e. The molecular formula is C15H15N3. The van der Waals surface area contributed by atoms with Gasteiger partial charge in [-0.25, -0.2) is 4.98 Å². The molecule has 0 aliphatic carbocycles. The Hall–Kier alpha value is -2.34. The fraction of sp³-hybridized carbons (Fsp3) is 0.200. The summed E-state index contributed by atoms with van der Waals surface area (Å²) in [7, 11) is 0. The third-order valence-electron chi connectivity index (χ3n) is 2.92. The van der Waals surface area contributed by atoms with Crippen molar-refractivity contribution in [3.63, 3.8) is 0 Å². The van der Waals surface area contributed by atoms with Gasteiger partial charge in [-0.2, -0.15) is 5.26 Å². The van der Waals surface area contributed by atoms with Gasteiger partial charge in [0.1, 0.15) is 11.9 Å². The van der Waals surface area contributed by atoms with Crippen LogP contribution in [0.1, 0.15) is 22.4 Å². The fourth-order valence-corrected chi connectivity index (χ4v) is 1.70. The van der Waals surface area contributed by atoms with E-state index in [0.717, 1.165) is 11.4 Å². The molecule has 1 heterocycles. The van der Waals surface area contributed by atoms with Crippen molar-refractivity contribution in [3.8, 4) is 6.07 Å². The van der Waals surface area contributed by atoms with Crippen LogP contribution in [0.2, 0.25) is 0 Å². The van der Waals surface area contributed by atoms with E-state index >= 15 is 0 Å². The van der Waals surface area contributed by atoms with Gasteiger partial charge in [0.2, 0.25) is 0 Å². The first-order valence-corrected chi connectivity index (χ1v) is 5.82. The Bertz CT molecular complexity index is 624. The number of nitrogens with one attached hydrogen (secondary N) is 1. The van der Waals surface area contributed by atoms with Crippen LogP contribution in [0.15, 0.2) is 30.3 Å². The number of aryl methyl sites for hydroxylation is 3. The van der Waals surface area contributed by atoms with Crippen molar-refractivity contribution < 1.29 is 0 Å². The van der Waals surface area contributed by atoms with Crippen molar-refractivity contribution in [2.45, 2.75) is 20.8 Å². The van der Waals surface area contributed by atoms with Gasteiger partial charge in [-0.15, -0.1) is 0 Å². The van der Waals surface area contributed by atoms with E-state index in [0.29, 0.717) is 11.4 Å². The second-order valence-corrected chi connectivity index (χ2v) is 4.38. The maximum Gasteiger partial charge on any atom is 0.148 e. The molecule has 0 spiro atoms. The van der Waals surface area contributed by atoms with Gasteiger partial charge in [-0.3, -0.25) is 0 Å². The molecule has 0 atom stereocenters. The van der Waals surface area contributed by atoms with Gasteiger partial charge in [0.05, 0.1) is 5.56 Å². The van der Waals surface area contributed by atoms with E-state index in [1.54, 1.807) is 6.07 Å². The Labute approximate surface area is 107 Å². The molecule has 18 heavy (non-hydrogen) atoms. The van der Waals surface area contributed by atoms with Gasteiger partial charge in [-0.1, -0.05) is 6.07 Å². The number of hydrogen-bond donors (Lipinski definition) is 1. The molecule has 0 amide bonds. The Balaban J connectivity index is 2.36. The van der Waals surface area contributed by atoms with Crippen LogP contribution in [0.3, 0.4) is 0 Å². The molecule has 0 radical (unpaired) electrons. The quantitative estimate of drug-likeness (QED) is 0.867. The minimum atomic E-state index is 0.554. The molecule has 1 N–H and O–H groups in total. The molecule has 90 valence electrons. The highest BCUT2D eigenvalue weighted by atomic mass is 15.0. The van der Waals surface area contributed by atoms with Crippen LogP contribution in [0.5, 0.6) is 0 Å². The van der Waals surface area contributed by atoms with Crippen molar-refractivity contribution >= 4 is 11.5 Å². The summed E-state index contributed by atoms with van der Waals surface area (Å²) in [6, 6.07) is 11.9. The lowest BCUT2D eigenvalue weighted by Gasteiger charge is -2.09. The molecule has 2 rings (SSSR count). The summed E-state index contributed by atoms with van der Waals surface area (Å²) in [4.78, 5) is 4.36. The zero-order valence-electron chi connectivity index (χ0n) is 10.8. The average molecular weight is 237 g/mol. The smallest absolute Gasteiger partial charge is 0.148 e. The highest BCUT2D eigenvalue weighted by molar-refractivity contribution is 5.63. The lowest BCUT2D eigenvalue weighted by molar-refractivity contribution is 1.18. The largest absolute Gasteiger partial charge is 0.339 e. The highest BCUT2D eigenvalue weighted by Gasteiger charge is 2.05. The van der Waals surface area contributed by atoms with Crippen molar-refractivity contribution in [2.24, 2.45) is 0 Å². The summed E-state index contributed by atoms with van der Waals surface area (Å²) in [6.07, 6.45) is 0. The number of aromatic nitrogens is 1. The van der Waals surface area contributed by atoms with Gasteiger partial charge in [0.15, 0.2) is 0 Å². The van der Waals surface area contributed by atoms with E-state index in [9.17, 15) is 0 Å². The summed E-state index contributed by atoms with van der Waals surface area (Å²) in [5, 5.41) is 12.3. The van der Waals surface area contributed by atoms with Crippen LogP contribution in [-0.2, 0) is 0 Å². The summed E-state index contributed by atoms with van der Waals surface area (Å²) in [5.74, 6) is 0.612. The fourth-order valence-electron chi connectivity index (χ4n) is 1.70. The molecule has 3 nitrogen and oxygen atoms in total. The van der Waals surface area contributed by atoms with Crippen molar-refractivity contribution in [2.75, 3.05) is 5.32 Å². The highest BCUT2D eigenvalue weighted by Crippen LogP contribution is 2.21. The van der Waals surface area contributed by atoms with Gasteiger partial charge >= 0.3 is 0 Å². The number of pyridine rings is 1. The SMILES string of the molecule is Cc1ccc(C#N)c(Nc2ccc(C)c(C)c2)n1. The summed E-state index contributed by atoms with van der Waals surface area (Å²) >= 11 is 0. The average Bonchev–Trinajstić information content (AvgIpc) is 2.34. The number of rotatable bonds is 2. The molecule has 3 heteroatoms. The van der Waals surface area contributed by atoms with Crippen LogP contribution < -0.4 is 5.32 Å². The van der Waals surface area contributed by atoms with Crippen molar-refractivity contribution in [3.05, 3.63) is 52.7 Å². The van der Waals surface area contributed by atoms with Crippen molar-refractivity contribution in [1.29, 1.82) is 5.26 Å². The number of nitrogens with zero attached hydrogens (tertiary/aromatic N) is 2. The molecule has 0 fully saturated rings. The van der Waals surface area contributed by atoms with Crippen LogP contribution >= 0.6 is 0 Å². The number of benzene rings is 1. The summed E-state index contributed by atoms with van der Waals surface area (Å²) < 4.78 is 0. The first-order valence-electron chi connectivity index (χ1n) is 5.82. The van der Waals surface area contributed by atoms with Crippen LogP contribution in [-0.4, -0.2) is 4.98 Å². The Kier molecular flexibility index (Phi) is 3.29. The van der Waals surface area contributed by atoms with E-state index < -0.39 is 0 Å². The molecule has 1 aromatic carbocycles. The molecule has 0 unspecified atom stereocenters. The second kappa shape index (κ2) is 4.89. The van der Waals surface area contributed by atoms with E-state index in [1.165, 1.54) is 11.1 Å². The first-order chi connectivity index (χ1) is 8.60.